The number of hydrogen-bond donors (Lipinski definition) is 2. The predicted octanol–water partition coefficient (Wildman–Crippen LogP) is 2.10. The molecule has 1 saturated carbocycles. The quantitative estimate of drug-likeness (QED) is 0.801. The van der Waals surface area contributed by atoms with Gasteiger partial charge in [-0.05, 0) is 57.0 Å². The van der Waals surface area contributed by atoms with Gasteiger partial charge in [-0.3, -0.25) is 4.90 Å². The SMILES string of the molecule is CCC1CCC(NC)C(CN2CCC(C)C2CO)C1. The molecule has 3 heteroatoms. The summed E-state index contributed by atoms with van der Waals surface area (Å²) in [6, 6.07) is 1.08. The summed E-state index contributed by atoms with van der Waals surface area (Å²) in [5.74, 6) is 2.34. The van der Waals surface area contributed by atoms with Crippen LogP contribution in [-0.2, 0) is 0 Å². The molecular formula is C16H32N2O. The minimum atomic E-state index is 0.329. The van der Waals surface area contributed by atoms with Gasteiger partial charge in [-0.1, -0.05) is 20.3 Å². The van der Waals surface area contributed by atoms with Crippen LogP contribution in [0.2, 0.25) is 0 Å². The van der Waals surface area contributed by atoms with Crippen molar-refractivity contribution in [2.24, 2.45) is 17.8 Å². The van der Waals surface area contributed by atoms with Crippen molar-refractivity contribution in [2.75, 3.05) is 26.7 Å². The molecule has 1 heterocycles. The van der Waals surface area contributed by atoms with E-state index in [1.165, 1.54) is 45.2 Å². The molecule has 0 amide bonds. The third-order valence-electron chi connectivity index (χ3n) is 5.69. The Balaban J connectivity index is 1.94. The second kappa shape index (κ2) is 7.05. The lowest BCUT2D eigenvalue weighted by atomic mass is 9.76. The van der Waals surface area contributed by atoms with E-state index in [0.717, 1.165) is 11.8 Å². The molecule has 19 heavy (non-hydrogen) atoms. The molecule has 112 valence electrons. The molecule has 0 aromatic heterocycles. The molecule has 5 atom stereocenters. The summed E-state index contributed by atoms with van der Waals surface area (Å²) in [6.07, 6.45) is 6.66. The van der Waals surface area contributed by atoms with Gasteiger partial charge in [0.25, 0.3) is 0 Å². The van der Waals surface area contributed by atoms with Crippen LogP contribution >= 0.6 is 0 Å². The van der Waals surface area contributed by atoms with Crippen molar-refractivity contribution in [3.8, 4) is 0 Å². The molecule has 1 aliphatic heterocycles. The molecule has 1 aliphatic carbocycles. The Morgan fingerprint density at radius 2 is 2.05 bits per heavy atom. The lowest BCUT2D eigenvalue weighted by molar-refractivity contribution is 0.0944. The van der Waals surface area contributed by atoms with Crippen LogP contribution in [0, 0.1) is 17.8 Å². The fraction of sp³-hybridized carbons (Fsp3) is 1.00. The van der Waals surface area contributed by atoms with Gasteiger partial charge in [-0.2, -0.15) is 0 Å². The molecule has 0 bridgehead atoms. The van der Waals surface area contributed by atoms with Crippen molar-refractivity contribution in [1.29, 1.82) is 0 Å². The standard InChI is InChI=1S/C16H32N2O/c1-4-13-5-6-15(17-3)14(9-13)10-18-8-7-12(2)16(18)11-19/h12-17,19H,4-11H2,1-3H3. The van der Waals surface area contributed by atoms with Gasteiger partial charge < -0.3 is 10.4 Å². The average molecular weight is 268 g/mol. The van der Waals surface area contributed by atoms with Gasteiger partial charge in [0.2, 0.25) is 0 Å². The van der Waals surface area contributed by atoms with Gasteiger partial charge in [-0.15, -0.1) is 0 Å². The van der Waals surface area contributed by atoms with E-state index in [2.05, 4.69) is 31.1 Å². The van der Waals surface area contributed by atoms with Crippen LogP contribution in [0.5, 0.6) is 0 Å². The van der Waals surface area contributed by atoms with E-state index in [9.17, 15) is 5.11 Å². The summed E-state index contributed by atoms with van der Waals surface area (Å²) in [6.45, 7) is 7.30. The third kappa shape index (κ3) is 3.50. The molecule has 0 aromatic rings. The van der Waals surface area contributed by atoms with E-state index in [0.29, 0.717) is 24.6 Å². The molecule has 0 aromatic carbocycles. The Labute approximate surface area is 118 Å². The summed E-state index contributed by atoms with van der Waals surface area (Å²) in [5, 5.41) is 13.1. The number of nitrogens with zero attached hydrogens (tertiary/aromatic N) is 1. The van der Waals surface area contributed by atoms with Gasteiger partial charge in [0, 0.05) is 18.6 Å². The molecule has 3 nitrogen and oxygen atoms in total. The fourth-order valence-corrected chi connectivity index (χ4v) is 4.22. The molecule has 2 fully saturated rings. The normalized spacial score (nSPS) is 40.7. The third-order valence-corrected chi connectivity index (χ3v) is 5.69. The summed E-state index contributed by atoms with van der Waals surface area (Å²) in [5.41, 5.74) is 0. The van der Waals surface area contributed by atoms with Crippen molar-refractivity contribution < 1.29 is 5.11 Å². The molecule has 2 aliphatic rings. The minimum absolute atomic E-state index is 0.329. The topological polar surface area (TPSA) is 35.5 Å². The Morgan fingerprint density at radius 1 is 1.26 bits per heavy atom. The largest absolute Gasteiger partial charge is 0.395 e. The van der Waals surface area contributed by atoms with Crippen LogP contribution in [0.25, 0.3) is 0 Å². The first-order chi connectivity index (χ1) is 9.19. The number of nitrogens with one attached hydrogen (secondary N) is 1. The first-order valence-electron chi connectivity index (χ1n) is 8.21. The van der Waals surface area contributed by atoms with E-state index >= 15 is 0 Å². The molecule has 2 rings (SSSR count). The molecule has 1 saturated heterocycles. The summed E-state index contributed by atoms with van der Waals surface area (Å²) in [7, 11) is 2.11. The Morgan fingerprint density at radius 3 is 2.68 bits per heavy atom. The maximum atomic E-state index is 9.60. The van der Waals surface area contributed by atoms with Crippen molar-refractivity contribution in [3.63, 3.8) is 0 Å². The number of aliphatic hydroxyl groups excluding tert-OH is 1. The minimum Gasteiger partial charge on any atom is -0.395 e. The highest BCUT2D eigenvalue weighted by molar-refractivity contribution is 4.90. The fourth-order valence-electron chi connectivity index (χ4n) is 4.22. The van der Waals surface area contributed by atoms with Crippen LogP contribution in [-0.4, -0.2) is 48.8 Å². The first kappa shape index (κ1) is 15.3. The van der Waals surface area contributed by atoms with E-state index in [1.807, 2.05) is 0 Å². The predicted molar refractivity (Wildman–Crippen MR) is 80.2 cm³/mol. The average Bonchev–Trinajstić information content (AvgIpc) is 2.79. The van der Waals surface area contributed by atoms with Crippen LogP contribution < -0.4 is 5.32 Å². The Bertz CT molecular complexity index is 271. The van der Waals surface area contributed by atoms with Crippen molar-refractivity contribution in [1.82, 2.24) is 10.2 Å². The zero-order chi connectivity index (χ0) is 13.8. The van der Waals surface area contributed by atoms with Crippen LogP contribution in [0.15, 0.2) is 0 Å². The highest BCUT2D eigenvalue weighted by Gasteiger charge is 2.35. The molecule has 2 N–H and O–H groups in total. The van der Waals surface area contributed by atoms with E-state index < -0.39 is 0 Å². The number of aliphatic hydroxyl groups is 1. The maximum Gasteiger partial charge on any atom is 0.0589 e. The van der Waals surface area contributed by atoms with Crippen molar-refractivity contribution in [2.45, 2.75) is 58.0 Å². The van der Waals surface area contributed by atoms with Crippen molar-refractivity contribution in [3.05, 3.63) is 0 Å². The van der Waals surface area contributed by atoms with Gasteiger partial charge >= 0.3 is 0 Å². The molecular weight excluding hydrogens is 236 g/mol. The van der Waals surface area contributed by atoms with Gasteiger partial charge in [0.05, 0.1) is 6.61 Å². The summed E-state index contributed by atoms with van der Waals surface area (Å²) < 4.78 is 0. The molecule has 0 spiro atoms. The highest BCUT2D eigenvalue weighted by atomic mass is 16.3. The first-order valence-corrected chi connectivity index (χ1v) is 8.21. The van der Waals surface area contributed by atoms with Gasteiger partial charge in [0.15, 0.2) is 0 Å². The Kier molecular flexibility index (Phi) is 5.67. The number of rotatable bonds is 5. The van der Waals surface area contributed by atoms with E-state index in [-0.39, 0.29) is 0 Å². The summed E-state index contributed by atoms with van der Waals surface area (Å²) >= 11 is 0. The van der Waals surface area contributed by atoms with E-state index in [1.54, 1.807) is 0 Å². The highest BCUT2D eigenvalue weighted by Crippen LogP contribution is 2.34. The smallest absolute Gasteiger partial charge is 0.0589 e. The van der Waals surface area contributed by atoms with Gasteiger partial charge in [0.1, 0.15) is 0 Å². The second-order valence-corrected chi connectivity index (χ2v) is 6.75. The molecule has 0 radical (unpaired) electrons. The summed E-state index contributed by atoms with van der Waals surface area (Å²) in [4.78, 5) is 2.55. The Hall–Kier alpha value is -0.120. The number of likely N-dealkylation sites (tertiary alicyclic amines) is 1. The zero-order valence-corrected chi connectivity index (χ0v) is 12.9. The van der Waals surface area contributed by atoms with Crippen LogP contribution in [0.3, 0.4) is 0 Å². The van der Waals surface area contributed by atoms with Crippen LogP contribution in [0.4, 0.5) is 0 Å². The lowest BCUT2D eigenvalue weighted by Gasteiger charge is -2.39. The second-order valence-electron chi connectivity index (χ2n) is 6.75. The van der Waals surface area contributed by atoms with Crippen molar-refractivity contribution >= 4 is 0 Å². The molecule has 5 unspecified atom stereocenters. The lowest BCUT2D eigenvalue weighted by Crippen LogP contribution is -2.47. The zero-order valence-electron chi connectivity index (χ0n) is 12.9. The van der Waals surface area contributed by atoms with E-state index in [4.69, 9.17) is 0 Å². The number of hydrogen-bond acceptors (Lipinski definition) is 3. The van der Waals surface area contributed by atoms with Crippen LogP contribution in [0.1, 0.15) is 46.0 Å². The van der Waals surface area contributed by atoms with Gasteiger partial charge in [-0.25, -0.2) is 0 Å². The maximum absolute atomic E-state index is 9.60. The monoisotopic (exact) mass is 268 g/mol.